The molecule has 0 saturated heterocycles. The van der Waals surface area contributed by atoms with Crippen molar-refractivity contribution in [3.63, 3.8) is 0 Å². The molecule has 1 aliphatic rings. The van der Waals surface area contributed by atoms with Gasteiger partial charge in [-0.05, 0) is 25.2 Å². The molecule has 0 amide bonds. The fourth-order valence-corrected chi connectivity index (χ4v) is 1.42. The van der Waals surface area contributed by atoms with E-state index in [1.54, 1.807) is 0 Å². The van der Waals surface area contributed by atoms with E-state index in [1.807, 2.05) is 6.92 Å². The molecule has 11 heavy (non-hydrogen) atoms. The van der Waals surface area contributed by atoms with Gasteiger partial charge in [-0.1, -0.05) is 44.1 Å². The fourth-order valence-electron chi connectivity index (χ4n) is 1.42. The molecule has 0 heteroatoms. The minimum atomic E-state index is 0.653. The summed E-state index contributed by atoms with van der Waals surface area (Å²) in [4.78, 5) is 0. The first kappa shape index (κ1) is 8.58. The summed E-state index contributed by atoms with van der Waals surface area (Å²) >= 11 is 0. The lowest BCUT2D eigenvalue weighted by atomic mass is 9.92. The summed E-state index contributed by atoms with van der Waals surface area (Å²) in [5.74, 6) is 1.65. The van der Waals surface area contributed by atoms with Gasteiger partial charge in [0.15, 0.2) is 0 Å². The van der Waals surface area contributed by atoms with E-state index >= 15 is 0 Å². The van der Waals surface area contributed by atoms with Gasteiger partial charge in [0.2, 0.25) is 0 Å². The highest BCUT2D eigenvalue weighted by atomic mass is 14.3. The molecule has 0 aliphatic heterocycles. The third-order valence-corrected chi connectivity index (χ3v) is 2.53. The van der Waals surface area contributed by atoms with Gasteiger partial charge >= 0.3 is 0 Å². The SMILES string of the molecule is C=C(C)C(=C)C(C)CC1CC1. The predicted octanol–water partition coefficient (Wildman–Crippen LogP) is 3.55. The van der Waals surface area contributed by atoms with Gasteiger partial charge in [-0.15, -0.1) is 0 Å². The van der Waals surface area contributed by atoms with E-state index in [0.717, 1.165) is 11.5 Å². The van der Waals surface area contributed by atoms with E-state index in [4.69, 9.17) is 0 Å². The van der Waals surface area contributed by atoms with E-state index in [2.05, 4.69) is 20.1 Å². The van der Waals surface area contributed by atoms with Gasteiger partial charge in [0.1, 0.15) is 0 Å². The topological polar surface area (TPSA) is 0 Å². The zero-order chi connectivity index (χ0) is 8.43. The summed E-state index contributed by atoms with van der Waals surface area (Å²) < 4.78 is 0. The van der Waals surface area contributed by atoms with Crippen molar-refractivity contribution in [2.75, 3.05) is 0 Å². The molecular formula is C11H18. The lowest BCUT2D eigenvalue weighted by molar-refractivity contribution is 0.570. The highest BCUT2D eigenvalue weighted by molar-refractivity contribution is 5.24. The van der Waals surface area contributed by atoms with Gasteiger partial charge in [0.05, 0.1) is 0 Å². The average Bonchev–Trinajstić information content (AvgIpc) is 2.69. The first-order valence-corrected chi connectivity index (χ1v) is 4.46. The number of hydrogen-bond donors (Lipinski definition) is 0. The van der Waals surface area contributed by atoms with Crippen LogP contribution in [0.4, 0.5) is 0 Å². The second kappa shape index (κ2) is 3.25. The van der Waals surface area contributed by atoms with Crippen molar-refractivity contribution in [3.8, 4) is 0 Å². The minimum Gasteiger partial charge on any atom is -0.0958 e. The number of hydrogen-bond acceptors (Lipinski definition) is 0. The molecular weight excluding hydrogens is 132 g/mol. The highest BCUT2D eigenvalue weighted by Gasteiger charge is 2.24. The van der Waals surface area contributed by atoms with Crippen LogP contribution in [-0.2, 0) is 0 Å². The Morgan fingerprint density at radius 3 is 2.36 bits per heavy atom. The third kappa shape index (κ3) is 2.53. The molecule has 1 fully saturated rings. The molecule has 1 atom stereocenters. The number of allylic oxidation sites excluding steroid dienone is 2. The van der Waals surface area contributed by atoms with Gasteiger partial charge in [0.25, 0.3) is 0 Å². The summed E-state index contributed by atoms with van der Waals surface area (Å²) in [7, 11) is 0. The molecule has 0 N–H and O–H groups in total. The maximum atomic E-state index is 4.04. The Bertz CT molecular complexity index is 172. The van der Waals surface area contributed by atoms with E-state index in [9.17, 15) is 0 Å². The molecule has 0 spiro atoms. The molecule has 62 valence electrons. The van der Waals surface area contributed by atoms with Crippen LogP contribution < -0.4 is 0 Å². The molecule has 1 unspecified atom stereocenters. The molecule has 0 aromatic rings. The predicted molar refractivity (Wildman–Crippen MR) is 50.5 cm³/mol. The van der Waals surface area contributed by atoms with Crippen LogP contribution in [0.25, 0.3) is 0 Å². The van der Waals surface area contributed by atoms with Crippen molar-refractivity contribution >= 4 is 0 Å². The standard InChI is InChI=1S/C11H18/c1-8(2)10(4)9(3)7-11-5-6-11/h9,11H,1,4-7H2,2-3H3. The second-order valence-electron chi connectivity index (χ2n) is 3.89. The first-order chi connectivity index (χ1) is 5.11. The van der Waals surface area contributed by atoms with Gasteiger partial charge < -0.3 is 0 Å². The van der Waals surface area contributed by atoms with E-state index in [0.29, 0.717) is 5.92 Å². The van der Waals surface area contributed by atoms with Crippen LogP contribution in [0.15, 0.2) is 24.3 Å². The minimum absolute atomic E-state index is 0.653. The van der Waals surface area contributed by atoms with Crippen LogP contribution in [0.5, 0.6) is 0 Å². The van der Waals surface area contributed by atoms with Crippen LogP contribution in [-0.4, -0.2) is 0 Å². The Morgan fingerprint density at radius 1 is 1.45 bits per heavy atom. The van der Waals surface area contributed by atoms with Crippen molar-refractivity contribution < 1.29 is 0 Å². The Balaban J connectivity index is 2.32. The first-order valence-electron chi connectivity index (χ1n) is 4.46. The van der Waals surface area contributed by atoms with Crippen LogP contribution in [0.3, 0.4) is 0 Å². The zero-order valence-electron chi connectivity index (χ0n) is 7.69. The molecule has 0 aromatic heterocycles. The van der Waals surface area contributed by atoms with Crippen LogP contribution in [0.1, 0.15) is 33.1 Å². The monoisotopic (exact) mass is 150 g/mol. The quantitative estimate of drug-likeness (QED) is 0.537. The maximum Gasteiger partial charge on any atom is -0.0191 e. The molecule has 0 aromatic carbocycles. The lowest BCUT2D eigenvalue weighted by Crippen LogP contribution is -1.99. The molecule has 0 bridgehead atoms. The van der Waals surface area contributed by atoms with Crippen molar-refractivity contribution in [2.45, 2.75) is 33.1 Å². The van der Waals surface area contributed by atoms with E-state index in [-0.39, 0.29) is 0 Å². The van der Waals surface area contributed by atoms with Crippen molar-refractivity contribution in [2.24, 2.45) is 11.8 Å². The zero-order valence-corrected chi connectivity index (χ0v) is 7.69. The van der Waals surface area contributed by atoms with Gasteiger partial charge in [-0.2, -0.15) is 0 Å². The molecule has 1 aliphatic carbocycles. The van der Waals surface area contributed by atoms with Gasteiger partial charge in [0, 0.05) is 0 Å². The van der Waals surface area contributed by atoms with E-state index < -0.39 is 0 Å². The van der Waals surface area contributed by atoms with Crippen LogP contribution in [0.2, 0.25) is 0 Å². The van der Waals surface area contributed by atoms with Gasteiger partial charge in [-0.25, -0.2) is 0 Å². The Hall–Kier alpha value is -0.520. The molecule has 0 nitrogen and oxygen atoms in total. The maximum absolute atomic E-state index is 4.04. The number of rotatable bonds is 4. The summed E-state index contributed by atoms with van der Waals surface area (Å²) in [6.45, 7) is 12.2. The summed E-state index contributed by atoms with van der Waals surface area (Å²) in [5.41, 5.74) is 2.40. The van der Waals surface area contributed by atoms with Crippen molar-refractivity contribution in [1.29, 1.82) is 0 Å². The summed E-state index contributed by atoms with van der Waals surface area (Å²) in [5, 5.41) is 0. The lowest BCUT2D eigenvalue weighted by Gasteiger charge is -2.13. The van der Waals surface area contributed by atoms with E-state index in [1.165, 1.54) is 24.8 Å². The van der Waals surface area contributed by atoms with Crippen molar-refractivity contribution in [3.05, 3.63) is 24.3 Å². The molecule has 0 radical (unpaired) electrons. The van der Waals surface area contributed by atoms with Gasteiger partial charge in [-0.3, -0.25) is 0 Å². The Morgan fingerprint density at radius 2 is 2.00 bits per heavy atom. The molecule has 1 rings (SSSR count). The second-order valence-corrected chi connectivity index (χ2v) is 3.89. The summed E-state index contributed by atoms with van der Waals surface area (Å²) in [6.07, 6.45) is 4.20. The van der Waals surface area contributed by atoms with Crippen molar-refractivity contribution in [1.82, 2.24) is 0 Å². The van der Waals surface area contributed by atoms with Crippen LogP contribution in [0, 0.1) is 11.8 Å². The third-order valence-electron chi connectivity index (χ3n) is 2.53. The Kier molecular flexibility index (Phi) is 2.53. The Labute approximate surface area is 70.0 Å². The molecule has 1 saturated carbocycles. The largest absolute Gasteiger partial charge is 0.0958 e. The fraction of sp³-hybridized carbons (Fsp3) is 0.636. The van der Waals surface area contributed by atoms with Crippen LogP contribution >= 0.6 is 0 Å². The normalized spacial score (nSPS) is 19.5. The molecule has 0 heterocycles. The smallest absolute Gasteiger partial charge is 0.0191 e. The summed E-state index contributed by atoms with van der Waals surface area (Å²) in [6, 6.07) is 0. The average molecular weight is 150 g/mol. The highest BCUT2D eigenvalue weighted by Crippen LogP contribution is 2.37.